The second kappa shape index (κ2) is 8.32. The monoisotopic (exact) mass is 421 g/mol. The molecule has 1 heterocycles. The number of aryl methyl sites for hydroxylation is 1. The van der Waals surface area contributed by atoms with Gasteiger partial charge in [-0.15, -0.1) is 0 Å². The molecule has 0 aliphatic heterocycles. The van der Waals surface area contributed by atoms with Crippen LogP contribution >= 0.6 is 0 Å². The van der Waals surface area contributed by atoms with Crippen LogP contribution in [0.15, 0.2) is 65.1 Å². The molecule has 9 heteroatoms. The third-order valence-electron chi connectivity index (χ3n) is 4.44. The van der Waals surface area contributed by atoms with Gasteiger partial charge in [-0.2, -0.15) is 10.4 Å². The van der Waals surface area contributed by atoms with Gasteiger partial charge in [0.2, 0.25) is 10.0 Å². The van der Waals surface area contributed by atoms with Gasteiger partial charge in [-0.1, -0.05) is 18.2 Å². The summed E-state index contributed by atoms with van der Waals surface area (Å²) >= 11 is 0. The summed E-state index contributed by atoms with van der Waals surface area (Å²) in [5, 5.41) is 21.6. The van der Waals surface area contributed by atoms with Crippen molar-refractivity contribution in [3.05, 3.63) is 77.1 Å². The summed E-state index contributed by atoms with van der Waals surface area (Å²) in [5.74, 6) is -0.618. The number of nitrogens with zero attached hydrogens (tertiary/aromatic N) is 3. The molecule has 0 radical (unpaired) electrons. The van der Waals surface area contributed by atoms with E-state index >= 15 is 0 Å². The maximum Gasteiger partial charge on any atom is 0.266 e. The van der Waals surface area contributed by atoms with E-state index in [0.29, 0.717) is 16.9 Å². The number of para-hydroxylation sites is 1. The summed E-state index contributed by atoms with van der Waals surface area (Å²) in [6, 6.07) is 16.8. The van der Waals surface area contributed by atoms with E-state index < -0.39 is 15.9 Å². The zero-order valence-electron chi connectivity index (χ0n) is 16.3. The minimum atomic E-state index is -3.83. The van der Waals surface area contributed by atoms with Crippen LogP contribution in [0.2, 0.25) is 0 Å². The number of nitriles is 1. The number of carbonyl (C=O) groups is 1. The zero-order chi connectivity index (χ0) is 21.9. The number of anilines is 1. The predicted octanol–water partition coefficient (Wildman–Crippen LogP) is 2.68. The molecule has 3 N–H and O–H groups in total. The molecule has 0 saturated heterocycles. The van der Waals surface area contributed by atoms with Gasteiger partial charge in [0.25, 0.3) is 5.91 Å². The predicted molar refractivity (Wildman–Crippen MR) is 113 cm³/mol. The average molecular weight is 421 g/mol. The number of hydrogen-bond donors (Lipinski definition) is 2. The third-order valence-corrected chi connectivity index (χ3v) is 5.37. The van der Waals surface area contributed by atoms with Gasteiger partial charge >= 0.3 is 0 Å². The van der Waals surface area contributed by atoms with Gasteiger partial charge in [-0.25, -0.2) is 18.2 Å². The van der Waals surface area contributed by atoms with Crippen molar-refractivity contribution in [2.45, 2.75) is 18.7 Å². The molecule has 0 aliphatic carbocycles. The van der Waals surface area contributed by atoms with Gasteiger partial charge in [0, 0.05) is 16.9 Å². The Balaban J connectivity index is 1.88. The van der Waals surface area contributed by atoms with E-state index in [0.717, 1.165) is 11.4 Å². The van der Waals surface area contributed by atoms with E-state index in [9.17, 15) is 18.5 Å². The molecule has 8 nitrogen and oxygen atoms in total. The molecule has 0 aliphatic rings. The van der Waals surface area contributed by atoms with Crippen LogP contribution in [0.25, 0.3) is 11.8 Å². The number of carbonyl (C=O) groups excluding carboxylic acids is 1. The first-order valence-electron chi connectivity index (χ1n) is 8.88. The Morgan fingerprint density at radius 1 is 1.13 bits per heavy atom. The number of primary sulfonamides is 1. The summed E-state index contributed by atoms with van der Waals surface area (Å²) in [6.45, 7) is 3.66. The lowest BCUT2D eigenvalue weighted by Gasteiger charge is -2.06. The molecule has 30 heavy (non-hydrogen) atoms. The van der Waals surface area contributed by atoms with Crippen molar-refractivity contribution in [1.29, 1.82) is 5.26 Å². The molecule has 3 rings (SSSR count). The highest BCUT2D eigenvalue weighted by atomic mass is 32.2. The first-order chi connectivity index (χ1) is 14.2. The first kappa shape index (κ1) is 21.0. The van der Waals surface area contributed by atoms with Gasteiger partial charge < -0.3 is 5.32 Å². The van der Waals surface area contributed by atoms with Gasteiger partial charge in [-0.3, -0.25) is 4.79 Å². The molecule has 0 bridgehead atoms. The third kappa shape index (κ3) is 4.46. The minimum Gasteiger partial charge on any atom is -0.321 e. The minimum absolute atomic E-state index is 0.0730. The Kier molecular flexibility index (Phi) is 5.82. The van der Waals surface area contributed by atoms with Crippen molar-refractivity contribution < 1.29 is 13.2 Å². The van der Waals surface area contributed by atoms with Gasteiger partial charge in [0.15, 0.2) is 0 Å². The van der Waals surface area contributed by atoms with E-state index in [4.69, 9.17) is 5.14 Å². The summed E-state index contributed by atoms with van der Waals surface area (Å²) in [5.41, 5.74) is 3.24. The van der Waals surface area contributed by atoms with Crippen LogP contribution in [0.4, 0.5) is 5.69 Å². The highest BCUT2D eigenvalue weighted by Gasteiger charge is 2.16. The van der Waals surface area contributed by atoms with E-state index in [1.54, 1.807) is 11.6 Å². The molecule has 0 atom stereocenters. The van der Waals surface area contributed by atoms with E-state index in [-0.39, 0.29) is 10.5 Å². The Morgan fingerprint density at radius 3 is 2.33 bits per heavy atom. The molecule has 3 aromatic rings. The normalized spacial score (nSPS) is 11.7. The first-order valence-corrected chi connectivity index (χ1v) is 10.4. The molecule has 1 aromatic heterocycles. The summed E-state index contributed by atoms with van der Waals surface area (Å²) in [6.07, 6.45) is 1.49. The molecular formula is C21H19N5O3S. The van der Waals surface area contributed by atoms with Gasteiger partial charge in [0.05, 0.1) is 16.3 Å². The summed E-state index contributed by atoms with van der Waals surface area (Å²) in [4.78, 5) is 12.5. The molecule has 0 unspecified atom stereocenters. The van der Waals surface area contributed by atoms with Crippen LogP contribution in [0.3, 0.4) is 0 Å². The smallest absolute Gasteiger partial charge is 0.266 e. The Labute approximate surface area is 174 Å². The maximum absolute atomic E-state index is 12.6. The molecule has 2 aromatic carbocycles. The highest BCUT2D eigenvalue weighted by Crippen LogP contribution is 2.21. The van der Waals surface area contributed by atoms with E-state index in [1.165, 1.54) is 30.3 Å². The van der Waals surface area contributed by atoms with Crippen molar-refractivity contribution >= 4 is 27.7 Å². The topological polar surface area (TPSA) is 131 Å². The van der Waals surface area contributed by atoms with Crippen LogP contribution in [-0.2, 0) is 14.8 Å². The summed E-state index contributed by atoms with van der Waals surface area (Å²) in [7, 11) is -3.83. The van der Waals surface area contributed by atoms with Crippen molar-refractivity contribution in [3.8, 4) is 11.8 Å². The Bertz CT molecular complexity index is 1270. The van der Waals surface area contributed by atoms with Crippen molar-refractivity contribution in [2.24, 2.45) is 5.14 Å². The lowest BCUT2D eigenvalue weighted by Crippen LogP contribution is -2.14. The van der Waals surface area contributed by atoms with Gasteiger partial charge in [0.1, 0.15) is 11.6 Å². The Morgan fingerprint density at radius 2 is 1.77 bits per heavy atom. The quantitative estimate of drug-likeness (QED) is 0.483. The average Bonchev–Trinajstić information content (AvgIpc) is 3.00. The fourth-order valence-corrected chi connectivity index (χ4v) is 3.42. The van der Waals surface area contributed by atoms with Crippen LogP contribution in [-0.4, -0.2) is 24.1 Å². The molecule has 0 fully saturated rings. The number of rotatable bonds is 5. The number of hydrogen-bond acceptors (Lipinski definition) is 5. The molecule has 0 saturated carbocycles. The standard InChI is InChI=1S/C21H19N5O3S/c1-14-20(15(2)26(25-14)18-6-4-3-5-7-18)12-16(13-22)21(27)24-17-8-10-19(11-9-17)30(23,28)29/h3-12H,1-2H3,(H,24,27)(H2,23,28,29)/b16-12+. The second-order valence-corrected chi connectivity index (χ2v) is 8.09. The highest BCUT2D eigenvalue weighted by molar-refractivity contribution is 7.89. The number of aromatic nitrogens is 2. The number of nitrogens with one attached hydrogen (secondary N) is 1. The van der Waals surface area contributed by atoms with E-state index in [2.05, 4.69) is 10.4 Å². The number of amides is 1. The lowest BCUT2D eigenvalue weighted by molar-refractivity contribution is -0.112. The molecule has 152 valence electrons. The zero-order valence-corrected chi connectivity index (χ0v) is 17.1. The molecule has 1 amide bonds. The van der Waals surface area contributed by atoms with E-state index in [1.807, 2.05) is 43.3 Å². The second-order valence-electron chi connectivity index (χ2n) is 6.53. The van der Waals surface area contributed by atoms with Crippen molar-refractivity contribution in [1.82, 2.24) is 9.78 Å². The summed E-state index contributed by atoms with van der Waals surface area (Å²) < 4.78 is 24.4. The molecular weight excluding hydrogens is 402 g/mol. The lowest BCUT2D eigenvalue weighted by atomic mass is 10.1. The number of nitrogens with two attached hydrogens (primary N) is 1. The largest absolute Gasteiger partial charge is 0.321 e. The molecule has 0 spiro atoms. The van der Waals surface area contributed by atoms with Crippen LogP contribution in [0, 0.1) is 25.2 Å². The number of sulfonamides is 1. The SMILES string of the molecule is Cc1nn(-c2ccccc2)c(C)c1/C=C(\C#N)C(=O)Nc1ccc(S(N)(=O)=O)cc1. The van der Waals surface area contributed by atoms with Crippen LogP contribution in [0.1, 0.15) is 17.0 Å². The van der Waals surface area contributed by atoms with Crippen molar-refractivity contribution in [3.63, 3.8) is 0 Å². The fourth-order valence-electron chi connectivity index (χ4n) is 2.90. The van der Waals surface area contributed by atoms with Gasteiger partial charge in [-0.05, 0) is 56.3 Å². The number of benzene rings is 2. The van der Waals surface area contributed by atoms with Crippen LogP contribution in [0.5, 0.6) is 0 Å². The maximum atomic E-state index is 12.6. The Hall–Kier alpha value is -3.74. The van der Waals surface area contributed by atoms with Crippen molar-refractivity contribution in [2.75, 3.05) is 5.32 Å². The fraction of sp³-hybridized carbons (Fsp3) is 0.0952. The van der Waals surface area contributed by atoms with Crippen LogP contribution < -0.4 is 10.5 Å².